The van der Waals surface area contributed by atoms with E-state index >= 15 is 0 Å². The molecule has 10 heavy (non-hydrogen) atoms. The van der Waals surface area contributed by atoms with Gasteiger partial charge in [-0.25, -0.2) is 4.79 Å². The van der Waals surface area contributed by atoms with Crippen molar-refractivity contribution in [2.75, 3.05) is 0 Å². The number of carboxylic acids is 1. The zero-order valence-corrected chi connectivity index (χ0v) is 6.01. The molecule has 1 unspecified atom stereocenters. The zero-order chi connectivity index (χ0) is 7.56. The van der Waals surface area contributed by atoms with E-state index in [1.807, 2.05) is 6.08 Å². The van der Waals surface area contributed by atoms with Gasteiger partial charge in [-0.15, -0.1) is 11.6 Å². The van der Waals surface area contributed by atoms with E-state index in [4.69, 9.17) is 16.7 Å². The fraction of sp³-hybridized carbons (Fsp3) is 0.286. The van der Waals surface area contributed by atoms with Crippen LogP contribution in [0.1, 0.15) is 6.42 Å². The first-order valence-corrected chi connectivity index (χ1v) is 3.39. The minimum absolute atomic E-state index is 0.282. The van der Waals surface area contributed by atoms with Gasteiger partial charge in [0.15, 0.2) is 0 Å². The van der Waals surface area contributed by atoms with Gasteiger partial charge in [-0.2, -0.15) is 0 Å². The lowest BCUT2D eigenvalue weighted by Crippen LogP contribution is -2.13. The summed E-state index contributed by atoms with van der Waals surface area (Å²) >= 11 is 5.68. The standard InChI is InChI=1S/C7H7ClO2/c8-6-4-2-1-3-5(6)7(9)10/h1-3,6H,4H2,(H,9,10). The van der Waals surface area contributed by atoms with Crippen molar-refractivity contribution < 1.29 is 9.90 Å². The number of hydrogen-bond acceptors (Lipinski definition) is 1. The molecular formula is C7H7ClO2. The molecule has 0 aliphatic heterocycles. The van der Waals surface area contributed by atoms with Crippen LogP contribution in [0, 0.1) is 0 Å². The number of carboxylic acid groups (broad SMARTS) is 1. The van der Waals surface area contributed by atoms with Crippen LogP contribution < -0.4 is 0 Å². The summed E-state index contributed by atoms with van der Waals surface area (Å²) in [5.74, 6) is -0.927. The molecule has 1 N–H and O–H groups in total. The molecule has 0 radical (unpaired) electrons. The summed E-state index contributed by atoms with van der Waals surface area (Å²) in [6, 6.07) is 0. The highest BCUT2D eigenvalue weighted by Gasteiger charge is 2.17. The van der Waals surface area contributed by atoms with Crippen molar-refractivity contribution in [1.29, 1.82) is 0 Å². The predicted molar refractivity (Wildman–Crippen MR) is 39.1 cm³/mol. The monoisotopic (exact) mass is 158 g/mol. The van der Waals surface area contributed by atoms with E-state index in [0.29, 0.717) is 6.42 Å². The van der Waals surface area contributed by atoms with Crippen molar-refractivity contribution in [3.63, 3.8) is 0 Å². The van der Waals surface area contributed by atoms with Gasteiger partial charge in [0.05, 0.1) is 11.0 Å². The Morgan fingerprint density at radius 3 is 2.90 bits per heavy atom. The van der Waals surface area contributed by atoms with E-state index in [-0.39, 0.29) is 11.0 Å². The highest BCUT2D eigenvalue weighted by atomic mass is 35.5. The lowest BCUT2D eigenvalue weighted by molar-refractivity contribution is -0.132. The summed E-state index contributed by atoms with van der Waals surface area (Å²) < 4.78 is 0. The Morgan fingerprint density at radius 1 is 1.80 bits per heavy atom. The predicted octanol–water partition coefficient (Wildman–Crippen LogP) is 1.56. The van der Waals surface area contributed by atoms with Crippen LogP contribution >= 0.6 is 11.6 Å². The molecule has 0 aromatic rings. The molecule has 0 aromatic carbocycles. The summed E-state index contributed by atoms with van der Waals surface area (Å²) in [5.41, 5.74) is 0.282. The van der Waals surface area contributed by atoms with Gasteiger partial charge in [-0.1, -0.05) is 18.2 Å². The van der Waals surface area contributed by atoms with Crippen molar-refractivity contribution in [3.05, 3.63) is 23.8 Å². The van der Waals surface area contributed by atoms with Crippen molar-refractivity contribution in [1.82, 2.24) is 0 Å². The second kappa shape index (κ2) is 2.88. The first-order valence-electron chi connectivity index (χ1n) is 2.96. The Labute approximate surface area is 63.8 Å². The van der Waals surface area contributed by atoms with Crippen molar-refractivity contribution >= 4 is 17.6 Å². The van der Waals surface area contributed by atoms with Crippen LogP contribution in [0.15, 0.2) is 23.8 Å². The fourth-order valence-electron chi connectivity index (χ4n) is 0.806. The molecule has 1 aliphatic carbocycles. The number of alkyl halides is 1. The van der Waals surface area contributed by atoms with Gasteiger partial charge in [0.25, 0.3) is 0 Å². The maximum Gasteiger partial charge on any atom is 0.333 e. The summed E-state index contributed by atoms with van der Waals surface area (Å²) in [7, 11) is 0. The molecule has 0 spiro atoms. The van der Waals surface area contributed by atoms with Crippen LogP contribution in [0.5, 0.6) is 0 Å². The maximum atomic E-state index is 10.4. The summed E-state index contributed by atoms with van der Waals surface area (Å²) in [6.07, 6.45) is 5.70. The second-order valence-electron chi connectivity index (χ2n) is 2.06. The fourth-order valence-corrected chi connectivity index (χ4v) is 1.08. The Bertz CT molecular complexity index is 206. The lowest BCUT2D eigenvalue weighted by Gasteiger charge is -2.09. The smallest absolute Gasteiger partial charge is 0.333 e. The van der Waals surface area contributed by atoms with Crippen LogP contribution in [0.3, 0.4) is 0 Å². The Morgan fingerprint density at radius 2 is 2.50 bits per heavy atom. The molecule has 1 atom stereocenters. The average molecular weight is 159 g/mol. The van der Waals surface area contributed by atoms with Crippen LogP contribution in [0.2, 0.25) is 0 Å². The molecule has 2 nitrogen and oxygen atoms in total. The molecule has 1 aliphatic rings. The molecule has 0 amide bonds. The Hall–Kier alpha value is -0.760. The molecule has 0 saturated carbocycles. The highest BCUT2D eigenvalue weighted by Crippen LogP contribution is 2.18. The van der Waals surface area contributed by atoms with Crippen LogP contribution in [0.4, 0.5) is 0 Å². The second-order valence-corrected chi connectivity index (χ2v) is 2.59. The quantitative estimate of drug-likeness (QED) is 0.588. The van der Waals surface area contributed by atoms with Gasteiger partial charge < -0.3 is 5.11 Å². The van der Waals surface area contributed by atoms with Gasteiger partial charge >= 0.3 is 5.97 Å². The molecular weight excluding hydrogens is 152 g/mol. The Balaban J connectivity index is 2.80. The van der Waals surface area contributed by atoms with Crippen LogP contribution in [-0.2, 0) is 4.79 Å². The van der Waals surface area contributed by atoms with Crippen molar-refractivity contribution in [2.24, 2.45) is 0 Å². The third-order valence-electron chi connectivity index (χ3n) is 1.34. The number of halogens is 1. The van der Waals surface area contributed by atoms with E-state index in [1.165, 1.54) is 6.08 Å². The summed E-state index contributed by atoms with van der Waals surface area (Å²) in [4.78, 5) is 10.4. The third-order valence-corrected chi connectivity index (χ3v) is 1.75. The van der Waals surface area contributed by atoms with Crippen LogP contribution in [0.25, 0.3) is 0 Å². The first kappa shape index (κ1) is 7.35. The van der Waals surface area contributed by atoms with Gasteiger partial charge in [-0.3, -0.25) is 0 Å². The van der Waals surface area contributed by atoms with E-state index in [1.54, 1.807) is 6.08 Å². The topological polar surface area (TPSA) is 37.3 Å². The average Bonchev–Trinajstić information content (AvgIpc) is 1.88. The molecule has 0 saturated heterocycles. The largest absolute Gasteiger partial charge is 0.478 e. The SMILES string of the molecule is O=C(O)C1=CC=CCC1Cl. The van der Waals surface area contributed by atoms with Gasteiger partial charge in [0, 0.05) is 0 Å². The molecule has 0 bridgehead atoms. The van der Waals surface area contributed by atoms with Gasteiger partial charge in [0.2, 0.25) is 0 Å². The third kappa shape index (κ3) is 1.39. The highest BCUT2D eigenvalue weighted by molar-refractivity contribution is 6.25. The number of aliphatic carboxylic acids is 1. The zero-order valence-electron chi connectivity index (χ0n) is 5.25. The van der Waals surface area contributed by atoms with Crippen LogP contribution in [-0.4, -0.2) is 16.5 Å². The summed E-state index contributed by atoms with van der Waals surface area (Å²) in [5, 5.41) is 8.16. The minimum atomic E-state index is -0.927. The minimum Gasteiger partial charge on any atom is -0.478 e. The molecule has 3 heteroatoms. The van der Waals surface area contributed by atoms with E-state index in [9.17, 15) is 4.79 Å². The van der Waals surface area contributed by atoms with Gasteiger partial charge in [-0.05, 0) is 6.42 Å². The van der Waals surface area contributed by atoms with E-state index in [2.05, 4.69) is 0 Å². The Kier molecular flexibility index (Phi) is 2.12. The molecule has 0 heterocycles. The number of allylic oxidation sites excluding steroid dienone is 3. The van der Waals surface area contributed by atoms with Crippen molar-refractivity contribution in [3.8, 4) is 0 Å². The normalized spacial score (nSPS) is 24.1. The molecule has 1 rings (SSSR count). The van der Waals surface area contributed by atoms with Crippen molar-refractivity contribution in [2.45, 2.75) is 11.8 Å². The molecule has 54 valence electrons. The summed E-state index contributed by atoms with van der Waals surface area (Å²) in [6.45, 7) is 0. The van der Waals surface area contributed by atoms with E-state index < -0.39 is 5.97 Å². The first-order chi connectivity index (χ1) is 4.72. The van der Waals surface area contributed by atoms with E-state index in [0.717, 1.165) is 0 Å². The number of hydrogen-bond donors (Lipinski definition) is 1. The number of rotatable bonds is 1. The van der Waals surface area contributed by atoms with Gasteiger partial charge in [0.1, 0.15) is 0 Å². The maximum absolute atomic E-state index is 10.4. The molecule has 0 fully saturated rings. The lowest BCUT2D eigenvalue weighted by atomic mass is 10.1. The number of carbonyl (C=O) groups is 1. The molecule has 0 aromatic heterocycles.